The molecule has 33 heavy (non-hydrogen) atoms. The Kier molecular flexibility index (Phi) is 11.9. The molecule has 0 heterocycles. The first kappa shape index (κ1) is 26.2. The van der Waals surface area contributed by atoms with Crippen LogP contribution < -0.4 is 21.3 Å². The second-order valence-corrected chi connectivity index (χ2v) is 8.55. The van der Waals surface area contributed by atoms with E-state index < -0.39 is 0 Å². The van der Waals surface area contributed by atoms with Gasteiger partial charge in [-0.15, -0.1) is 0 Å². The summed E-state index contributed by atoms with van der Waals surface area (Å²) in [5.41, 5.74) is 3.51. The van der Waals surface area contributed by atoms with Crippen molar-refractivity contribution in [3.63, 3.8) is 0 Å². The van der Waals surface area contributed by atoms with E-state index in [0.717, 1.165) is 37.7 Å². The van der Waals surface area contributed by atoms with Crippen LogP contribution in [0.5, 0.6) is 0 Å². The van der Waals surface area contributed by atoms with E-state index in [-0.39, 0.29) is 12.1 Å². The molecule has 0 aliphatic carbocycles. The van der Waals surface area contributed by atoms with Crippen LogP contribution in [0.4, 0.5) is 21.0 Å². The van der Waals surface area contributed by atoms with Gasteiger partial charge in [-0.25, -0.2) is 9.59 Å². The van der Waals surface area contributed by atoms with Crippen LogP contribution in [0.25, 0.3) is 0 Å². The monoisotopic (exact) mass is 452 g/mol. The Hall–Kier alpha value is -3.02. The lowest BCUT2D eigenvalue weighted by atomic mass is 9.99. The minimum absolute atomic E-state index is 0.215. The molecule has 0 aromatic heterocycles. The smallest absolute Gasteiger partial charge is 0.319 e. The first-order chi connectivity index (χ1) is 16.0. The van der Waals surface area contributed by atoms with Gasteiger partial charge < -0.3 is 21.3 Å². The number of anilines is 2. The molecular formula is C27H40N4O2. The molecule has 6 nitrogen and oxygen atoms in total. The van der Waals surface area contributed by atoms with Crippen LogP contribution in [0, 0.1) is 12.8 Å². The fraction of sp³-hybridized carbons (Fsp3) is 0.481. The zero-order valence-corrected chi connectivity index (χ0v) is 20.4. The number of hydrogen-bond acceptors (Lipinski definition) is 2. The lowest BCUT2D eigenvalue weighted by Crippen LogP contribution is -2.33. The van der Waals surface area contributed by atoms with Crippen molar-refractivity contribution < 1.29 is 9.59 Å². The average Bonchev–Trinajstić information content (AvgIpc) is 2.82. The van der Waals surface area contributed by atoms with E-state index in [4.69, 9.17) is 0 Å². The van der Waals surface area contributed by atoms with Crippen molar-refractivity contribution in [3.05, 3.63) is 59.7 Å². The first-order valence-electron chi connectivity index (χ1n) is 12.3. The number of benzene rings is 2. The van der Waals surface area contributed by atoms with Gasteiger partial charge in [0.15, 0.2) is 0 Å². The largest absolute Gasteiger partial charge is 0.338 e. The molecular weight excluding hydrogens is 412 g/mol. The number of rotatable bonds is 13. The Morgan fingerprint density at radius 3 is 2.12 bits per heavy atom. The molecule has 0 aliphatic rings. The zero-order valence-electron chi connectivity index (χ0n) is 20.4. The second kappa shape index (κ2) is 14.9. The fourth-order valence-electron chi connectivity index (χ4n) is 3.72. The maximum atomic E-state index is 12.4. The van der Waals surface area contributed by atoms with Crippen LogP contribution in [0.2, 0.25) is 0 Å². The summed E-state index contributed by atoms with van der Waals surface area (Å²) in [6, 6.07) is 15.4. The highest BCUT2D eigenvalue weighted by Crippen LogP contribution is 2.23. The van der Waals surface area contributed by atoms with E-state index in [1.54, 1.807) is 0 Å². The second-order valence-electron chi connectivity index (χ2n) is 8.55. The Morgan fingerprint density at radius 1 is 0.818 bits per heavy atom. The van der Waals surface area contributed by atoms with Crippen LogP contribution >= 0.6 is 0 Å². The zero-order chi connectivity index (χ0) is 23.9. The molecule has 2 rings (SSSR count). The molecule has 2 aromatic rings. The van der Waals surface area contributed by atoms with E-state index in [2.05, 4.69) is 47.2 Å². The Labute approximate surface area is 198 Å². The highest BCUT2D eigenvalue weighted by molar-refractivity contribution is 5.94. The molecule has 0 bridgehead atoms. The van der Waals surface area contributed by atoms with Crippen LogP contribution in [0.1, 0.15) is 63.5 Å². The molecule has 0 saturated carbocycles. The van der Waals surface area contributed by atoms with Gasteiger partial charge in [-0.3, -0.25) is 0 Å². The molecule has 6 heteroatoms. The van der Waals surface area contributed by atoms with Crippen LogP contribution in [0.15, 0.2) is 48.5 Å². The van der Waals surface area contributed by atoms with Crippen molar-refractivity contribution in [2.75, 3.05) is 23.7 Å². The molecule has 0 aliphatic heterocycles. The summed E-state index contributed by atoms with van der Waals surface area (Å²) in [6.07, 6.45) is 7.49. The lowest BCUT2D eigenvalue weighted by molar-refractivity contribution is 0.249. The van der Waals surface area contributed by atoms with Gasteiger partial charge in [-0.2, -0.15) is 0 Å². The molecule has 1 atom stereocenters. The fourth-order valence-corrected chi connectivity index (χ4v) is 3.72. The summed E-state index contributed by atoms with van der Waals surface area (Å²) in [5, 5.41) is 11.7. The molecule has 1 unspecified atom stereocenters. The van der Waals surface area contributed by atoms with E-state index in [1.807, 2.05) is 43.3 Å². The summed E-state index contributed by atoms with van der Waals surface area (Å²) in [5.74, 6) is 0.501. The van der Waals surface area contributed by atoms with Gasteiger partial charge in [-0.05, 0) is 61.8 Å². The number of unbranched alkanes of at least 4 members (excludes halogenated alkanes) is 2. The van der Waals surface area contributed by atoms with E-state index in [0.29, 0.717) is 30.4 Å². The van der Waals surface area contributed by atoms with Crippen molar-refractivity contribution in [1.29, 1.82) is 0 Å². The number of nitrogens with one attached hydrogen (secondary N) is 4. The number of aryl methyl sites for hydroxylation is 1. The third-order valence-electron chi connectivity index (χ3n) is 5.95. The number of carbonyl (C=O) groups excluding carboxylic acids is 2. The van der Waals surface area contributed by atoms with Gasteiger partial charge in [0.2, 0.25) is 0 Å². The van der Waals surface area contributed by atoms with E-state index >= 15 is 0 Å². The van der Waals surface area contributed by atoms with Crippen molar-refractivity contribution in [1.82, 2.24) is 10.6 Å². The molecule has 2 aromatic carbocycles. The molecule has 0 fully saturated rings. The van der Waals surface area contributed by atoms with Crippen LogP contribution in [-0.4, -0.2) is 25.2 Å². The van der Waals surface area contributed by atoms with Gasteiger partial charge in [-0.1, -0.05) is 69.5 Å². The third-order valence-corrected chi connectivity index (χ3v) is 5.95. The van der Waals surface area contributed by atoms with Gasteiger partial charge >= 0.3 is 12.1 Å². The highest BCUT2D eigenvalue weighted by Gasteiger charge is 2.11. The first-order valence-corrected chi connectivity index (χ1v) is 12.3. The standard InChI is InChI=1S/C27H40N4O2/c1-4-6-13-22(5-2)20-29-27(33)31-25-18-12-17-24(21(25)3)30-26(32)28-19-11-10-16-23-14-8-7-9-15-23/h7-9,12,14-15,17-18,22H,4-6,10-11,13,16,19-20H2,1-3H3,(H2,28,30,32)(H2,29,31,33). The lowest BCUT2D eigenvalue weighted by Gasteiger charge is -2.17. The molecule has 0 spiro atoms. The van der Waals surface area contributed by atoms with E-state index in [9.17, 15) is 9.59 Å². The Morgan fingerprint density at radius 2 is 1.48 bits per heavy atom. The normalized spacial score (nSPS) is 11.5. The molecule has 4 N–H and O–H groups in total. The van der Waals surface area contributed by atoms with Crippen molar-refractivity contribution in [2.24, 2.45) is 5.92 Å². The number of urea groups is 2. The SMILES string of the molecule is CCCCC(CC)CNC(=O)Nc1cccc(NC(=O)NCCCCc2ccccc2)c1C. The summed E-state index contributed by atoms with van der Waals surface area (Å²) < 4.78 is 0. The summed E-state index contributed by atoms with van der Waals surface area (Å²) in [6.45, 7) is 7.53. The van der Waals surface area contributed by atoms with Gasteiger partial charge in [0.25, 0.3) is 0 Å². The van der Waals surface area contributed by atoms with Crippen LogP contribution in [-0.2, 0) is 6.42 Å². The third kappa shape index (κ3) is 9.98. The van der Waals surface area contributed by atoms with Gasteiger partial charge in [0.1, 0.15) is 0 Å². The summed E-state index contributed by atoms with van der Waals surface area (Å²) in [7, 11) is 0. The predicted molar refractivity (Wildman–Crippen MR) is 138 cm³/mol. The Bertz CT molecular complexity index is 854. The summed E-state index contributed by atoms with van der Waals surface area (Å²) >= 11 is 0. The van der Waals surface area contributed by atoms with Crippen molar-refractivity contribution in [2.45, 2.75) is 65.7 Å². The van der Waals surface area contributed by atoms with Gasteiger partial charge in [0, 0.05) is 24.5 Å². The Balaban J connectivity index is 1.75. The molecule has 180 valence electrons. The quantitative estimate of drug-likeness (QED) is 0.262. The van der Waals surface area contributed by atoms with E-state index in [1.165, 1.54) is 18.4 Å². The van der Waals surface area contributed by atoms with Gasteiger partial charge in [0.05, 0.1) is 0 Å². The average molecular weight is 453 g/mol. The topological polar surface area (TPSA) is 82.3 Å². The number of hydrogen-bond donors (Lipinski definition) is 4. The summed E-state index contributed by atoms with van der Waals surface area (Å²) in [4.78, 5) is 24.7. The maximum Gasteiger partial charge on any atom is 0.319 e. The van der Waals surface area contributed by atoms with Crippen molar-refractivity contribution >= 4 is 23.4 Å². The molecule has 4 amide bonds. The van der Waals surface area contributed by atoms with Crippen molar-refractivity contribution in [3.8, 4) is 0 Å². The van der Waals surface area contributed by atoms with Crippen LogP contribution in [0.3, 0.4) is 0 Å². The minimum Gasteiger partial charge on any atom is -0.338 e. The predicted octanol–water partition coefficient (Wildman–Crippen LogP) is 6.48. The minimum atomic E-state index is -0.235. The highest BCUT2D eigenvalue weighted by atomic mass is 16.2. The number of amides is 4. The molecule has 0 saturated heterocycles. The number of carbonyl (C=O) groups is 2. The maximum absolute atomic E-state index is 12.4. The molecule has 0 radical (unpaired) electrons.